The predicted octanol–water partition coefficient (Wildman–Crippen LogP) is 5.43. The maximum absolute atomic E-state index is 12.8. The highest BCUT2D eigenvalue weighted by atomic mass is 32.1. The molecule has 5 nitrogen and oxygen atoms in total. The van der Waals surface area contributed by atoms with Crippen LogP contribution in [0.4, 0.5) is 10.5 Å². The molecule has 1 aromatic heterocycles. The second-order valence-electron chi connectivity index (χ2n) is 7.39. The highest BCUT2D eigenvalue weighted by molar-refractivity contribution is 7.13. The summed E-state index contributed by atoms with van der Waals surface area (Å²) >= 11 is 1.64. The summed E-state index contributed by atoms with van der Waals surface area (Å²) in [6.45, 7) is 4.14. The molecule has 2 amide bonds. The second-order valence-corrected chi connectivity index (χ2v) is 8.34. The van der Waals surface area contributed by atoms with Gasteiger partial charge in [0.05, 0.1) is 18.3 Å². The number of hydrogen-bond donors (Lipinski definition) is 2. The average Bonchev–Trinajstić information content (AvgIpc) is 3.25. The van der Waals surface area contributed by atoms with Gasteiger partial charge in [-0.3, -0.25) is 0 Å². The van der Waals surface area contributed by atoms with E-state index in [9.17, 15) is 4.79 Å². The normalized spacial score (nSPS) is 20.8. The van der Waals surface area contributed by atoms with Crippen molar-refractivity contribution in [3.05, 3.63) is 77.7 Å². The van der Waals surface area contributed by atoms with Gasteiger partial charge in [0, 0.05) is 10.4 Å². The summed E-state index contributed by atoms with van der Waals surface area (Å²) in [6.07, 6.45) is -0.293. The Morgan fingerprint density at radius 3 is 2.55 bits per heavy atom. The van der Waals surface area contributed by atoms with E-state index >= 15 is 0 Å². The Kier molecular flexibility index (Phi) is 5.67. The molecular weight excluding hydrogens is 384 g/mol. The molecule has 6 heteroatoms. The maximum Gasteiger partial charge on any atom is 0.319 e. The van der Waals surface area contributed by atoms with E-state index in [0.717, 1.165) is 21.7 Å². The van der Waals surface area contributed by atoms with Gasteiger partial charge in [0.25, 0.3) is 0 Å². The molecule has 29 heavy (non-hydrogen) atoms. The number of carbonyl (C=O) groups is 1. The van der Waals surface area contributed by atoms with Crippen molar-refractivity contribution in [1.82, 2.24) is 5.32 Å². The molecule has 0 bridgehead atoms. The number of rotatable bonds is 4. The van der Waals surface area contributed by atoms with Gasteiger partial charge in [-0.15, -0.1) is 11.3 Å². The van der Waals surface area contributed by atoms with Gasteiger partial charge < -0.3 is 20.1 Å². The Balaban J connectivity index is 1.51. The number of amides is 2. The third kappa shape index (κ3) is 4.67. The van der Waals surface area contributed by atoms with E-state index in [2.05, 4.69) is 10.6 Å². The molecule has 1 aliphatic rings. The molecule has 2 atom stereocenters. The van der Waals surface area contributed by atoms with Gasteiger partial charge in [-0.25, -0.2) is 4.79 Å². The van der Waals surface area contributed by atoms with Crippen LogP contribution < -0.4 is 10.6 Å². The molecule has 3 aromatic rings. The molecule has 150 valence electrons. The molecule has 2 heterocycles. The number of thiophene rings is 1. The Morgan fingerprint density at radius 1 is 1.03 bits per heavy atom. The van der Waals surface area contributed by atoms with Crippen molar-refractivity contribution >= 4 is 23.1 Å². The topological polar surface area (TPSA) is 59.6 Å². The fourth-order valence-electron chi connectivity index (χ4n) is 3.43. The zero-order valence-electron chi connectivity index (χ0n) is 16.4. The Morgan fingerprint density at radius 2 is 1.79 bits per heavy atom. The number of anilines is 1. The Labute approximate surface area is 174 Å². The van der Waals surface area contributed by atoms with Crippen LogP contribution in [0.25, 0.3) is 10.4 Å². The first-order chi connectivity index (χ1) is 14.0. The summed E-state index contributed by atoms with van der Waals surface area (Å²) in [5.74, 6) is -0.707. The van der Waals surface area contributed by atoms with E-state index in [4.69, 9.17) is 9.47 Å². The van der Waals surface area contributed by atoms with Crippen molar-refractivity contribution in [3.8, 4) is 10.4 Å². The van der Waals surface area contributed by atoms with Crippen LogP contribution in [0.15, 0.2) is 72.1 Å². The number of para-hydroxylation sites is 1. The minimum absolute atomic E-state index is 0.285. The van der Waals surface area contributed by atoms with E-state index in [1.165, 1.54) is 0 Å². The number of carbonyl (C=O) groups excluding carboxylic acids is 1. The Hall–Kier alpha value is -2.67. The lowest BCUT2D eigenvalue weighted by Crippen LogP contribution is -2.52. The summed E-state index contributed by atoms with van der Waals surface area (Å²) in [5.41, 5.74) is 2.77. The molecule has 2 aromatic carbocycles. The molecule has 1 aliphatic heterocycles. The number of hydrogen-bond acceptors (Lipinski definition) is 4. The number of urea groups is 1. The van der Waals surface area contributed by atoms with Gasteiger partial charge >= 0.3 is 6.03 Å². The largest absolute Gasteiger partial charge is 0.348 e. The van der Waals surface area contributed by atoms with E-state index in [-0.39, 0.29) is 18.2 Å². The van der Waals surface area contributed by atoms with Crippen molar-refractivity contribution in [2.45, 2.75) is 31.8 Å². The van der Waals surface area contributed by atoms with Crippen LogP contribution in [-0.2, 0) is 9.47 Å². The van der Waals surface area contributed by atoms with Crippen LogP contribution >= 0.6 is 11.3 Å². The molecule has 1 saturated heterocycles. The first-order valence-corrected chi connectivity index (χ1v) is 10.5. The zero-order valence-corrected chi connectivity index (χ0v) is 17.2. The van der Waals surface area contributed by atoms with Crippen LogP contribution in [0.2, 0.25) is 0 Å². The van der Waals surface area contributed by atoms with Crippen LogP contribution in [0.5, 0.6) is 0 Å². The third-order valence-electron chi connectivity index (χ3n) is 4.79. The maximum atomic E-state index is 12.8. The molecule has 4 rings (SSSR count). The van der Waals surface area contributed by atoms with Crippen molar-refractivity contribution in [1.29, 1.82) is 0 Å². The highest BCUT2D eigenvalue weighted by Gasteiger charge is 2.38. The number of ether oxygens (including phenoxy) is 2. The smallest absolute Gasteiger partial charge is 0.319 e. The standard InChI is InChI=1S/C23H24N2O3S/c1-23(2)27-15-19(21(28-23)16-9-4-3-5-10-16)25-22(26)24-18-12-7-6-11-17(18)20-13-8-14-29-20/h3-14,19,21H,15H2,1-2H3,(H2,24,25,26)/t19-,21+/m0/s1. The van der Waals surface area contributed by atoms with Crippen molar-refractivity contribution < 1.29 is 14.3 Å². The summed E-state index contributed by atoms with van der Waals surface area (Å²) in [4.78, 5) is 13.9. The number of nitrogens with one attached hydrogen (secondary N) is 2. The molecule has 1 fully saturated rings. The van der Waals surface area contributed by atoms with Gasteiger partial charge in [0.15, 0.2) is 5.79 Å². The second kappa shape index (κ2) is 8.37. The molecule has 0 saturated carbocycles. The molecule has 0 unspecified atom stereocenters. The fraction of sp³-hybridized carbons (Fsp3) is 0.261. The van der Waals surface area contributed by atoms with Crippen LogP contribution in [-0.4, -0.2) is 24.5 Å². The van der Waals surface area contributed by atoms with Crippen molar-refractivity contribution in [2.24, 2.45) is 0 Å². The van der Waals surface area contributed by atoms with Crippen molar-refractivity contribution in [2.75, 3.05) is 11.9 Å². The Bertz CT molecular complexity index is 957. The zero-order chi connectivity index (χ0) is 20.3. The monoisotopic (exact) mass is 408 g/mol. The lowest BCUT2D eigenvalue weighted by Gasteiger charge is -2.41. The summed E-state index contributed by atoms with van der Waals surface area (Å²) in [7, 11) is 0. The molecular formula is C23H24N2O3S. The first-order valence-electron chi connectivity index (χ1n) is 9.59. The van der Waals surface area contributed by atoms with Gasteiger partial charge in [-0.05, 0) is 36.9 Å². The summed E-state index contributed by atoms with van der Waals surface area (Å²) in [6, 6.07) is 21.1. The van der Waals surface area contributed by atoms with E-state index in [0.29, 0.717) is 6.61 Å². The first kappa shape index (κ1) is 19.6. The molecule has 0 aliphatic carbocycles. The molecule has 0 spiro atoms. The average molecular weight is 409 g/mol. The number of benzene rings is 2. The van der Waals surface area contributed by atoms with Gasteiger partial charge in [0.1, 0.15) is 6.10 Å². The van der Waals surface area contributed by atoms with E-state index in [1.54, 1.807) is 11.3 Å². The molecule has 0 radical (unpaired) electrons. The van der Waals surface area contributed by atoms with E-state index in [1.807, 2.05) is 86.0 Å². The minimum Gasteiger partial charge on any atom is -0.348 e. The highest BCUT2D eigenvalue weighted by Crippen LogP contribution is 2.34. The SMILES string of the molecule is CC1(C)OC[C@H](NC(=O)Nc2ccccc2-c2cccs2)[C@@H](c2ccccc2)O1. The fourth-order valence-corrected chi connectivity index (χ4v) is 4.19. The summed E-state index contributed by atoms with van der Waals surface area (Å²) < 4.78 is 11.9. The minimum atomic E-state index is -0.707. The predicted molar refractivity (Wildman–Crippen MR) is 116 cm³/mol. The van der Waals surface area contributed by atoms with Crippen LogP contribution in [0.1, 0.15) is 25.5 Å². The van der Waals surface area contributed by atoms with Crippen molar-refractivity contribution in [3.63, 3.8) is 0 Å². The van der Waals surface area contributed by atoms with Gasteiger partial charge in [-0.2, -0.15) is 0 Å². The molecule has 2 N–H and O–H groups in total. The summed E-state index contributed by atoms with van der Waals surface area (Å²) in [5, 5.41) is 8.04. The lowest BCUT2D eigenvalue weighted by molar-refractivity contribution is -0.284. The van der Waals surface area contributed by atoms with Crippen LogP contribution in [0, 0.1) is 0 Å². The van der Waals surface area contributed by atoms with E-state index < -0.39 is 5.79 Å². The van der Waals surface area contributed by atoms with Gasteiger partial charge in [0.2, 0.25) is 0 Å². The quantitative estimate of drug-likeness (QED) is 0.605. The van der Waals surface area contributed by atoms with Crippen LogP contribution in [0.3, 0.4) is 0 Å². The van der Waals surface area contributed by atoms with Gasteiger partial charge in [-0.1, -0.05) is 54.6 Å². The lowest BCUT2D eigenvalue weighted by atomic mass is 10.0. The third-order valence-corrected chi connectivity index (χ3v) is 5.70.